The summed E-state index contributed by atoms with van der Waals surface area (Å²) >= 11 is 0. The van der Waals surface area contributed by atoms with E-state index in [1.54, 1.807) is 19.3 Å². The van der Waals surface area contributed by atoms with Crippen LogP contribution in [-0.2, 0) is 4.79 Å². The van der Waals surface area contributed by atoms with Crippen LogP contribution < -0.4 is 14.8 Å². The summed E-state index contributed by atoms with van der Waals surface area (Å²) in [5.74, 6) is 0.339. The SMILES string of the molecule is COc1ccccc1/C=C/C(=O)Nc1ccc(OC(F)F)cc1. The zero-order valence-corrected chi connectivity index (χ0v) is 12.3. The van der Waals surface area contributed by atoms with Crippen LogP contribution in [0.3, 0.4) is 0 Å². The van der Waals surface area contributed by atoms with Crippen molar-refractivity contribution >= 4 is 17.7 Å². The minimum absolute atomic E-state index is 0.0302. The average molecular weight is 319 g/mol. The van der Waals surface area contributed by atoms with E-state index in [2.05, 4.69) is 10.1 Å². The minimum atomic E-state index is -2.88. The predicted octanol–water partition coefficient (Wildman–Crippen LogP) is 3.95. The van der Waals surface area contributed by atoms with Gasteiger partial charge in [0.2, 0.25) is 5.91 Å². The fourth-order valence-corrected chi connectivity index (χ4v) is 1.87. The molecule has 0 saturated heterocycles. The van der Waals surface area contributed by atoms with Gasteiger partial charge in [-0.25, -0.2) is 0 Å². The Labute approximate surface area is 132 Å². The first-order chi connectivity index (χ1) is 11.1. The molecule has 0 bridgehead atoms. The predicted molar refractivity (Wildman–Crippen MR) is 83.7 cm³/mol. The quantitative estimate of drug-likeness (QED) is 0.820. The lowest BCUT2D eigenvalue weighted by Crippen LogP contribution is -2.08. The molecule has 120 valence electrons. The molecule has 0 atom stereocenters. The first kappa shape index (κ1) is 16.5. The van der Waals surface area contributed by atoms with E-state index in [0.717, 1.165) is 5.56 Å². The molecule has 0 spiro atoms. The van der Waals surface area contributed by atoms with Crippen LogP contribution in [-0.4, -0.2) is 19.6 Å². The molecule has 23 heavy (non-hydrogen) atoms. The fourth-order valence-electron chi connectivity index (χ4n) is 1.87. The van der Waals surface area contributed by atoms with E-state index in [-0.39, 0.29) is 11.7 Å². The Balaban J connectivity index is 1.97. The van der Waals surface area contributed by atoms with E-state index in [1.165, 1.54) is 30.3 Å². The molecule has 0 fully saturated rings. The van der Waals surface area contributed by atoms with E-state index in [9.17, 15) is 13.6 Å². The summed E-state index contributed by atoms with van der Waals surface area (Å²) in [6, 6.07) is 12.9. The van der Waals surface area contributed by atoms with Gasteiger partial charge in [-0.05, 0) is 36.4 Å². The van der Waals surface area contributed by atoms with Gasteiger partial charge < -0.3 is 14.8 Å². The molecule has 0 aliphatic rings. The van der Waals surface area contributed by atoms with Crippen molar-refractivity contribution in [1.82, 2.24) is 0 Å². The van der Waals surface area contributed by atoms with Gasteiger partial charge in [0, 0.05) is 17.3 Å². The van der Waals surface area contributed by atoms with Gasteiger partial charge in [-0.1, -0.05) is 18.2 Å². The van der Waals surface area contributed by atoms with Crippen LogP contribution in [0, 0.1) is 0 Å². The Kier molecular flexibility index (Phi) is 5.68. The van der Waals surface area contributed by atoms with Crippen molar-refractivity contribution in [1.29, 1.82) is 0 Å². The lowest BCUT2D eigenvalue weighted by atomic mass is 10.2. The normalized spacial score (nSPS) is 10.8. The van der Waals surface area contributed by atoms with E-state index in [1.807, 2.05) is 18.2 Å². The Bertz CT molecular complexity index is 684. The molecule has 0 saturated carbocycles. The maximum Gasteiger partial charge on any atom is 0.387 e. The van der Waals surface area contributed by atoms with E-state index in [4.69, 9.17) is 4.74 Å². The van der Waals surface area contributed by atoms with Crippen molar-refractivity contribution in [2.45, 2.75) is 6.61 Å². The number of carbonyl (C=O) groups excluding carboxylic acids is 1. The molecule has 4 nitrogen and oxygen atoms in total. The highest BCUT2D eigenvalue weighted by molar-refractivity contribution is 6.02. The zero-order valence-electron chi connectivity index (χ0n) is 12.3. The van der Waals surface area contributed by atoms with Crippen LogP contribution in [0.2, 0.25) is 0 Å². The number of carbonyl (C=O) groups is 1. The average Bonchev–Trinajstić information content (AvgIpc) is 2.54. The first-order valence-electron chi connectivity index (χ1n) is 6.75. The molecule has 6 heteroatoms. The van der Waals surface area contributed by atoms with Gasteiger partial charge in [-0.15, -0.1) is 0 Å². The van der Waals surface area contributed by atoms with Crippen LogP contribution in [0.5, 0.6) is 11.5 Å². The molecule has 0 unspecified atom stereocenters. The Morgan fingerprint density at radius 3 is 2.48 bits per heavy atom. The van der Waals surface area contributed by atoms with Crippen LogP contribution in [0.1, 0.15) is 5.56 Å². The van der Waals surface area contributed by atoms with Gasteiger partial charge in [0.25, 0.3) is 0 Å². The second-order valence-electron chi connectivity index (χ2n) is 4.47. The number of para-hydroxylation sites is 1. The number of alkyl halides is 2. The molecule has 0 heterocycles. The zero-order chi connectivity index (χ0) is 16.7. The van der Waals surface area contributed by atoms with Crippen molar-refractivity contribution in [3.63, 3.8) is 0 Å². The number of nitrogens with one attached hydrogen (secondary N) is 1. The summed E-state index contributed by atoms with van der Waals surface area (Å²) in [6.07, 6.45) is 2.99. The summed E-state index contributed by atoms with van der Waals surface area (Å²) in [6.45, 7) is -2.88. The molecule has 2 aromatic carbocycles. The summed E-state index contributed by atoms with van der Waals surface area (Å²) in [5.41, 5.74) is 1.24. The molecule has 0 aromatic heterocycles. The van der Waals surface area contributed by atoms with Gasteiger partial charge >= 0.3 is 6.61 Å². The van der Waals surface area contributed by atoms with Gasteiger partial charge in [0.05, 0.1) is 7.11 Å². The number of ether oxygens (including phenoxy) is 2. The topological polar surface area (TPSA) is 47.6 Å². The maximum absolute atomic E-state index is 12.0. The van der Waals surface area contributed by atoms with Crippen molar-refractivity contribution < 1.29 is 23.0 Å². The van der Waals surface area contributed by atoms with Gasteiger partial charge in [-0.3, -0.25) is 4.79 Å². The monoisotopic (exact) mass is 319 g/mol. The molecular formula is C17H15F2NO3. The van der Waals surface area contributed by atoms with E-state index in [0.29, 0.717) is 11.4 Å². The number of benzene rings is 2. The Morgan fingerprint density at radius 2 is 1.83 bits per heavy atom. The number of hydrogen-bond donors (Lipinski definition) is 1. The molecule has 2 rings (SSSR count). The third-order valence-electron chi connectivity index (χ3n) is 2.90. The van der Waals surface area contributed by atoms with E-state index < -0.39 is 6.61 Å². The number of halogens is 2. The van der Waals surface area contributed by atoms with Crippen LogP contribution in [0.4, 0.5) is 14.5 Å². The van der Waals surface area contributed by atoms with Crippen molar-refractivity contribution in [3.8, 4) is 11.5 Å². The highest BCUT2D eigenvalue weighted by Gasteiger charge is 2.04. The van der Waals surface area contributed by atoms with Gasteiger partial charge in [0.1, 0.15) is 11.5 Å². The smallest absolute Gasteiger partial charge is 0.387 e. The van der Waals surface area contributed by atoms with Crippen molar-refractivity contribution in [2.75, 3.05) is 12.4 Å². The maximum atomic E-state index is 12.0. The van der Waals surface area contributed by atoms with Crippen LogP contribution in [0.15, 0.2) is 54.6 Å². The number of methoxy groups -OCH3 is 1. The second kappa shape index (κ2) is 7.93. The molecule has 0 radical (unpaired) electrons. The molecule has 1 N–H and O–H groups in total. The third kappa shape index (κ3) is 5.10. The summed E-state index contributed by atoms with van der Waals surface area (Å²) in [5, 5.41) is 2.62. The first-order valence-corrected chi connectivity index (χ1v) is 6.75. The number of anilines is 1. The highest BCUT2D eigenvalue weighted by Crippen LogP contribution is 2.19. The third-order valence-corrected chi connectivity index (χ3v) is 2.90. The lowest BCUT2D eigenvalue weighted by molar-refractivity contribution is -0.111. The molecule has 1 amide bonds. The van der Waals surface area contributed by atoms with Crippen molar-refractivity contribution in [3.05, 3.63) is 60.2 Å². The Hall–Kier alpha value is -2.89. The van der Waals surface area contributed by atoms with Crippen LogP contribution >= 0.6 is 0 Å². The standard InChI is InChI=1S/C17H15F2NO3/c1-22-15-5-3-2-4-12(15)6-11-16(21)20-13-7-9-14(10-8-13)23-17(18)19/h2-11,17H,1H3,(H,20,21)/b11-6+. The fraction of sp³-hybridized carbons (Fsp3) is 0.118. The number of amides is 1. The minimum Gasteiger partial charge on any atom is -0.496 e. The van der Waals surface area contributed by atoms with Crippen LogP contribution in [0.25, 0.3) is 6.08 Å². The molecule has 2 aromatic rings. The second-order valence-corrected chi connectivity index (χ2v) is 4.47. The molecule has 0 aliphatic carbocycles. The highest BCUT2D eigenvalue weighted by atomic mass is 19.3. The van der Waals surface area contributed by atoms with Crippen molar-refractivity contribution in [2.24, 2.45) is 0 Å². The van der Waals surface area contributed by atoms with Gasteiger partial charge in [0.15, 0.2) is 0 Å². The Morgan fingerprint density at radius 1 is 1.13 bits per heavy atom. The molecular weight excluding hydrogens is 304 g/mol. The summed E-state index contributed by atoms with van der Waals surface area (Å²) in [7, 11) is 1.55. The lowest BCUT2D eigenvalue weighted by Gasteiger charge is -2.06. The number of rotatable bonds is 6. The summed E-state index contributed by atoms with van der Waals surface area (Å²) in [4.78, 5) is 11.9. The van der Waals surface area contributed by atoms with E-state index >= 15 is 0 Å². The van der Waals surface area contributed by atoms with Gasteiger partial charge in [-0.2, -0.15) is 8.78 Å². The molecule has 0 aliphatic heterocycles. The largest absolute Gasteiger partial charge is 0.496 e. The number of hydrogen-bond acceptors (Lipinski definition) is 3. The summed E-state index contributed by atoms with van der Waals surface area (Å²) < 4.78 is 33.5.